The van der Waals surface area contributed by atoms with Gasteiger partial charge in [-0.15, -0.1) is 0 Å². The fraction of sp³-hybridized carbons (Fsp3) is 0.647. The van der Waals surface area contributed by atoms with Gasteiger partial charge in [0.25, 0.3) is 0 Å². The normalized spacial score (nSPS) is 19.8. The number of hydrogen-bond acceptors (Lipinski definition) is 0. The van der Waals surface area contributed by atoms with Crippen LogP contribution in [0.3, 0.4) is 0 Å². The van der Waals surface area contributed by atoms with Crippen molar-refractivity contribution in [3.8, 4) is 0 Å². The minimum atomic E-state index is 0.506. The zero-order valence-corrected chi connectivity index (χ0v) is 11.8. The van der Waals surface area contributed by atoms with E-state index in [-0.39, 0.29) is 0 Å². The van der Waals surface area contributed by atoms with E-state index in [1.807, 2.05) is 0 Å². The first-order valence-corrected chi connectivity index (χ1v) is 7.24. The third-order valence-electron chi connectivity index (χ3n) is 5.10. The molecule has 0 radical (unpaired) electrons. The van der Waals surface area contributed by atoms with Crippen molar-refractivity contribution in [2.45, 2.75) is 65.2 Å². The Morgan fingerprint density at radius 2 is 1.94 bits per heavy atom. The predicted molar refractivity (Wildman–Crippen MR) is 75.5 cm³/mol. The molecule has 1 fully saturated rings. The molecule has 1 aromatic rings. The van der Waals surface area contributed by atoms with Crippen LogP contribution in [0, 0.1) is 12.8 Å². The van der Waals surface area contributed by atoms with E-state index in [2.05, 4.69) is 45.9 Å². The largest absolute Gasteiger partial charge is 0.0651 e. The average Bonchev–Trinajstić information content (AvgIpc) is 2.27. The third kappa shape index (κ3) is 2.03. The molecule has 2 rings (SSSR count). The number of aryl methyl sites for hydroxylation is 2. The summed E-state index contributed by atoms with van der Waals surface area (Å²) in [5.74, 6) is 0.822. The molecule has 1 saturated carbocycles. The highest BCUT2D eigenvalue weighted by atomic mass is 14.5. The SMILES string of the molecule is CCc1ccc(C2(C(C)CC)CCC2)cc1C. The van der Waals surface area contributed by atoms with E-state index in [0.29, 0.717) is 5.41 Å². The Morgan fingerprint density at radius 1 is 1.24 bits per heavy atom. The van der Waals surface area contributed by atoms with Crippen LogP contribution < -0.4 is 0 Å². The lowest BCUT2D eigenvalue weighted by molar-refractivity contribution is 0.153. The number of hydrogen-bond donors (Lipinski definition) is 0. The summed E-state index contributed by atoms with van der Waals surface area (Å²) in [5, 5.41) is 0. The van der Waals surface area contributed by atoms with Crippen LogP contribution >= 0.6 is 0 Å². The van der Waals surface area contributed by atoms with Crippen LogP contribution in [-0.2, 0) is 11.8 Å². The molecule has 1 atom stereocenters. The van der Waals surface area contributed by atoms with Gasteiger partial charge in [-0.25, -0.2) is 0 Å². The summed E-state index contributed by atoms with van der Waals surface area (Å²) < 4.78 is 0. The van der Waals surface area contributed by atoms with Gasteiger partial charge in [0.05, 0.1) is 0 Å². The number of benzene rings is 1. The van der Waals surface area contributed by atoms with Crippen molar-refractivity contribution in [1.82, 2.24) is 0 Å². The topological polar surface area (TPSA) is 0 Å². The maximum atomic E-state index is 2.46. The van der Waals surface area contributed by atoms with Gasteiger partial charge in [0.15, 0.2) is 0 Å². The van der Waals surface area contributed by atoms with Crippen LogP contribution in [-0.4, -0.2) is 0 Å². The Balaban J connectivity index is 2.35. The zero-order valence-electron chi connectivity index (χ0n) is 11.8. The Labute approximate surface area is 106 Å². The summed E-state index contributed by atoms with van der Waals surface area (Å²) in [4.78, 5) is 0. The van der Waals surface area contributed by atoms with E-state index in [1.165, 1.54) is 36.8 Å². The Morgan fingerprint density at radius 3 is 2.35 bits per heavy atom. The maximum absolute atomic E-state index is 2.46. The van der Waals surface area contributed by atoms with Crippen LogP contribution in [0.5, 0.6) is 0 Å². The van der Waals surface area contributed by atoms with Gasteiger partial charge in [-0.1, -0.05) is 51.8 Å². The summed E-state index contributed by atoms with van der Waals surface area (Å²) >= 11 is 0. The van der Waals surface area contributed by atoms with E-state index in [0.717, 1.165) is 12.3 Å². The lowest BCUT2D eigenvalue weighted by Gasteiger charge is -2.47. The van der Waals surface area contributed by atoms with Crippen LogP contribution in [0.15, 0.2) is 18.2 Å². The molecule has 1 aliphatic rings. The maximum Gasteiger partial charge on any atom is -0.00214 e. The predicted octanol–water partition coefficient (Wildman–Crippen LogP) is 5.03. The summed E-state index contributed by atoms with van der Waals surface area (Å²) in [5.41, 5.74) is 5.10. The average molecular weight is 230 g/mol. The Bertz CT molecular complexity index is 385. The standard InChI is InChI=1S/C17H26/c1-5-14(4)17(10-7-11-17)16-9-8-15(6-2)13(3)12-16/h8-9,12,14H,5-7,10-11H2,1-4H3. The molecule has 0 saturated heterocycles. The van der Waals surface area contributed by atoms with Crippen LogP contribution in [0.1, 0.15) is 63.1 Å². The third-order valence-corrected chi connectivity index (χ3v) is 5.10. The van der Waals surface area contributed by atoms with Crippen molar-refractivity contribution in [3.63, 3.8) is 0 Å². The smallest absolute Gasteiger partial charge is 0.00214 e. The molecular formula is C17H26. The lowest BCUT2D eigenvalue weighted by atomic mass is 9.57. The molecule has 1 unspecified atom stereocenters. The first-order chi connectivity index (χ1) is 8.14. The molecule has 0 bridgehead atoms. The van der Waals surface area contributed by atoms with Crippen molar-refractivity contribution in [1.29, 1.82) is 0 Å². The van der Waals surface area contributed by atoms with Crippen molar-refractivity contribution in [3.05, 3.63) is 34.9 Å². The van der Waals surface area contributed by atoms with E-state index in [9.17, 15) is 0 Å². The van der Waals surface area contributed by atoms with Crippen molar-refractivity contribution in [2.24, 2.45) is 5.92 Å². The minimum absolute atomic E-state index is 0.506. The highest BCUT2D eigenvalue weighted by molar-refractivity contribution is 5.37. The van der Waals surface area contributed by atoms with E-state index in [4.69, 9.17) is 0 Å². The second-order valence-corrected chi connectivity index (χ2v) is 5.81. The first kappa shape index (κ1) is 12.7. The second kappa shape index (κ2) is 4.84. The van der Waals surface area contributed by atoms with Gasteiger partial charge in [0, 0.05) is 0 Å². The molecule has 0 aliphatic heterocycles. The van der Waals surface area contributed by atoms with Gasteiger partial charge in [-0.3, -0.25) is 0 Å². The molecule has 0 amide bonds. The van der Waals surface area contributed by atoms with Gasteiger partial charge in [0.2, 0.25) is 0 Å². The summed E-state index contributed by atoms with van der Waals surface area (Å²) in [6.07, 6.45) is 6.66. The Kier molecular flexibility index (Phi) is 3.61. The first-order valence-electron chi connectivity index (χ1n) is 7.24. The van der Waals surface area contributed by atoms with Crippen molar-refractivity contribution in [2.75, 3.05) is 0 Å². The van der Waals surface area contributed by atoms with E-state index >= 15 is 0 Å². The molecule has 1 aromatic carbocycles. The van der Waals surface area contributed by atoms with Crippen LogP contribution in [0.25, 0.3) is 0 Å². The Hall–Kier alpha value is -0.780. The molecule has 0 N–H and O–H groups in total. The highest BCUT2D eigenvalue weighted by Gasteiger charge is 2.42. The fourth-order valence-electron chi connectivity index (χ4n) is 3.42. The molecule has 17 heavy (non-hydrogen) atoms. The minimum Gasteiger partial charge on any atom is -0.0651 e. The zero-order chi connectivity index (χ0) is 12.5. The fourth-order valence-corrected chi connectivity index (χ4v) is 3.42. The quantitative estimate of drug-likeness (QED) is 0.681. The number of rotatable bonds is 4. The lowest BCUT2D eigenvalue weighted by Crippen LogP contribution is -2.40. The van der Waals surface area contributed by atoms with Crippen LogP contribution in [0.2, 0.25) is 0 Å². The van der Waals surface area contributed by atoms with Crippen molar-refractivity contribution >= 4 is 0 Å². The molecule has 0 heteroatoms. The summed E-state index contributed by atoms with van der Waals surface area (Å²) in [6, 6.07) is 7.22. The molecule has 0 nitrogen and oxygen atoms in total. The molecule has 0 spiro atoms. The second-order valence-electron chi connectivity index (χ2n) is 5.81. The van der Waals surface area contributed by atoms with Gasteiger partial charge in [0.1, 0.15) is 0 Å². The molecule has 0 aromatic heterocycles. The highest BCUT2D eigenvalue weighted by Crippen LogP contribution is 2.50. The summed E-state index contributed by atoms with van der Waals surface area (Å²) in [6.45, 7) is 9.28. The monoisotopic (exact) mass is 230 g/mol. The van der Waals surface area contributed by atoms with Gasteiger partial charge in [-0.05, 0) is 54.2 Å². The van der Waals surface area contributed by atoms with Gasteiger partial charge >= 0.3 is 0 Å². The summed E-state index contributed by atoms with van der Waals surface area (Å²) in [7, 11) is 0. The van der Waals surface area contributed by atoms with Gasteiger partial charge in [-0.2, -0.15) is 0 Å². The molecular weight excluding hydrogens is 204 g/mol. The van der Waals surface area contributed by atoms with E-state index < -0.39 is 0 Å². The van der Waals surface area contributed by atoms with Gasteiger partial charge < -0.3 is 0 Å². The van der Waals surface area contributed by atoms with E-state index in [1.54, 1.807) is 5.56 Å². The van der Waals surface area contributed by atoms with Crippen LogP contribution in [0.4, 0.5) is 0 Å². The molecule has 94 valence electrons. The molecule has 1 aliphatic carbocycles. The van der Waals surface area contributed by atoms with Crippen molar-refractivity contribution < 1.29 is 0 Å². The molecule has 0 heterocycles.